The molecule has 2 heterocycles. The number of hydrogen-bond acceptors (Lipinski definition) is 1. The van der Waals surface area contributed by atoms with Crippen molar-refractivity contribution >= 4 is 28.4 Å². The number of fused-ring (bicyclic) bond motifs is 1. The van der Waals surface area contributed by atoms with E-state index in [2.05, 4.69) is 4.98 Å². The molecule has 0 aliphatic carbocycles. The molecule has 3 aromatic rings. The SMILES string of the molecule is O=C(c1ccc(F)c(F)c1)N1CCC(c2c[nH]c3cc(Cl)ccc23)CC1. The summed E-state index contributed by atoms with van der Waals surface area (Å²) < 4.78 is 26.4. The van der Waals surface area contributed by atoms with Crippen molar-refractivity contribution < 1.29 is 13.6 Å². The maximum atomic E-state index is 13.4. The highest BCUT2D eigenvalue weighted by atomic mass is 35.5. The molecule has 1 amide bonds. The zero-order valence-electron chi connectivity index (χ0n) is 13.9. The number of amides is 1. The highest BCUT2D eigenvalue weighted by molar-refractivity contribution is 6.31. The van der Waals surface area contributed by atoms with Crippen molar-refractivity contribution in [1.82, 2.24) is 9.88 Å². The number of aromatic nitrogens is 1. The molecule has 134 valence electrons. The van der Waals surface area contributed by atoms with Crippen LogP contribution in [0.1, 0.15) is 34.7 Å². The van der Waals surface area contributed by atoms with E-state index in [1.165, 1.54) is 11.6 Å². The van der Waals surface area contributed by atoms with Gasteiger partial charge in [-0.2, -0.15) is 0 Å². The van der Waals surface area contributed by atoms with Gasteiger partial charge in [0, 0.05) is 40.8 Å². The summed E-state index contributed by atoms with van der Waals surface area (Å²) in [6.07, 6.45) is 3.66. The Morgan fingerprint density at radius 2 is 1.85 bits per heavy atom. The van der Waals surface area contributed by atoms with Crippen LogP contribution in [0.15, 0.2) is 42.6 Å². The van der Waals surface area contributed by atoms with E-state index in [0.29, 0.717) is 24.0 Å². The van der Waals surface area contributed by atoms with Crippen LogP contribution in [0.5, 0.6) is 0 Å². The van der Waals surface area contributed by atoms with Gasteiger partial charge >= 0.3 is 0 Å². The van der Waals surface area contributed by atoms with Crippen LogP contribution in [0.4, 0.5) is 8.78 Å². The number of nitrogens with one attached hydrogen (secondary N) is 1. The topological polar surface area (TPSA) is 36.1 Å². The predicted octanol–water partition coefficient (Wildman–Crippen LogP) is 5.12. The van der Waals surface area contributed by atoms with E-state index >= 15 is 0 Å². The fourth-order valence-corrected chi connectivity index (χ4v) is 3.84. The monoisotopic (exact) mass is 374 g/mol. The van der Waals surface area contributed by atoms with Crippen LogP contribution >= 0.6 is 11.6 Å². The van der Waals surface area contributed by atoms with Crippen molar-refractivity contribution in [3.8, 4) is 0 Å². The average molecular weight is 375 g/mol. The molecule has 1 saturated heterocycles. The number of rotatable bonds is 2. The first-order valence-electron chi connectivity index (χ1n) is 8.54. The summed E-state index contributed by atoms with van der Waals surface area (Å²) in [5.74, 6) is -1.85. The molecule has 0 atom stereocenters. The predicted molar refractivity (Wildman–Crippen MR) is 97.5 cm³/mol. The minimum Gasteiger partial charge on any atom is -0.361 e. The van der Waals surface area contributed by atoms with E-state index in [-0.39, 0.29) is 11.5 Å². The quantitative estimate of drug-likeness (QED) is 0.664. The molecule has 3 nitrogen and oxygen atoms in total. The number of benzene rings is 2. The Bertz CT molecular complexity index is 977. The van der Waals surface area contributed by atoms with E-state index in [1.807, 2.05) is 24.4 Å². The molecule has 1 N–H and O–H groups in total. The van der Waals surface area contributed by atoms with Crippen molar-refractivity contribution in [2.75, 3.05) is 13.1 Å². The number of hydrogen-bond donors (Lipinski definition) is 1. The molecule has 1 fully saturated rings. The van der Waals surface area contributed by atoms with Crippen LogP contribution in [0.25, 0.3) is 10.9 Å². The summed E-state index contributed by atoms with van der Waals surface area (Å²) in [4.78, 5) is 17.5. The molecule has 0 unspecified atom stereocenters. The summed E-state index contributed by atoms with van der Waals surface area (Å²) >= 11 is 6.03. The summed E-state index contributed by atoms with van der Waals surface area (Å²) in [5.41, 5.74) is 2.42. The molecule has 0 bridgehead atoms. The van der Waals surface area contributed by atoms with Gasteiger partial charge in [-0.15, -0.1) is 0 Å². The van der Waals surface area contributed by atoms with Gasteiger partial charge in [-0.05, 0) is 54.7 Å². The molecule has 26 heavy (non-hydrogen) atoms. The molecule has 1 aliphatic heterocycles. The highest BCUT2D eigenvalue weighted by Gasteiger charge is 2.26. The normalized spacial score (nSPS) is 15.6. The first-order chi connectivity index (χ1) is 12.5. The molecule has 0 spiro atoms. The molecule has 6 heteroatoms. The molecule has 2 aromatic carbocycles. The molecule has 0 saturated carbocycles. The van der Waals surface area contributed by atoms with Gasteiger partial charge in [-0.25, -0.2) is 8.78 Å². The molecular formula is C20H17ClF2N2O. The lowest BCUT2D eigenvalue weighted by Gasteiger charge is -2.32. The lowest BCUT2D eigenvalue weighted by Crippen LogP contribution is -2.38. The fourth-order valence-electron chi connectivity index (χ4n) is 3.66. The van der Waals surface area contributed by atoms with Gasteiger partial charge in [0.15, 0.2) is 11.6 Å². The number of piperidine rings is 1. The largest absolute Gasteiger partial charge is 0.361 e. The summed E-state index contributed by atoms with van der Waals surface area (Å²) in [6.45, 7) is 1.17. The second-order valence-electron chi connectivity index (χ2n) is 6.63. The number of likely N-dealkylation sites (tertiary alicyclic amines) is 1. The number of carbonyl (C=O) groups is 1. The third-order valence-corrected chi connectivity index (χ3v) is 5.30. The van der Waals surface area contributed by atoms with Gasteiger partial charge in [0.25, 0.3) is 5.91 Å². The van der Waals surface area contributed by atoms with Crippen molar-refractivity contribution in [2.24, 2.45) is 0 Å². The van der Waals surface area contributed by atoms with Gasteiger partial charge in [0.05, 0.1) is 0 Å². The Balaban J connectivity index is 1.48. The summed E-state index contributed by atoms with van der Waals surface area (Å²) in [5, 5.41) is 1.85. The molecule has 4 rings (SSSR count). The number of carbonyl (C=O) groups excluding carboxylic acids is 1. The van der Waals surface area contributed by atoms with E-state index < -0.39 is 11.6 Å². The van der Waals surface area contributed by atoms with Gasteiger partial charge in [-0.1, -0.05) is 17.7 Å². The average Bonchev–Trinajstić information content (AvgIpc) is 3.06. The number of halogens is 3. The maximum absolute atomic E-state index is 13.4. The van der Waals surface area contributed by atoms with Crippen LogP contribution in [0.3, 0.4) is 0 Å². The van der Waals surface area contributed by atoms with Crippen molar-refractivity contribution in [2.45, 2.75) is 18.8 Å². The van der Waals surface area contributed by atoms with Crippen molar-refractivity contribution in [3.05, 3.63) is 70.4 Å². The van der Waals surface area contributed by atoms with Gasteiger partial charge in [0.2, 0.25) is 0 Å². The minimum absolute atomic E-state index is 0.184. The smallest absolute Gasteiger partial charge is 0.253 e. The van der Waals surface area contributed by atoms with Crippen LogP contribution in [-0.2, 0) is 0 Å². The standard InChI is InChI=1S/C20H17ClF2N2O/c21-14-2-3-15-16(11-24-19(15)10-14)12-5-7-25(8-6-12)20(26)13-1-4-17(22)18(23)9-13/h1-4,9-12,24H,5-8H2. The molecular weight excluding hydrogens is 358 g/mol. The number of nitrogens with zero attached hydrogens (tertiary/aromatic N) is 1. The second-order valence-corrected chi connectivity index (χ2v) is 7.07. The molecule has 1 aromatic heterocycles. The van der Waals surface area contributed by atoms with Gasteiger partial charge < -0.3 is 9.88 Å². The first-order valence-corrected chi connectivity index (χ1v) is 8.91. The Morgan fingerprint density at radius 3 is 2.58 bits per heavy atom. The Morgan fingerprint density at radius 1 is 1.08 bits per heavy atom. The Kier molecular flexibility index (Phi) is 4.41. The lowest BCUT2D eigenvalue weighted by atomic mass is 9.89. The van der Waals surface area contributed by atoms with Gasteiger partial charge in [-0.3, -0.25) is 4.79 Å². The third kappa shape index (κ3) is 3.07. The van der Waals surface area contributed by atoms with E-state index in [9.17, 15) is 13.6 Å². The maximum Gasteiger partial charge on any atom is 0.253 e. The van der Waals surface area contributed by atoms with Crippen molar-refractivity contribution in [3.63, 3.8) is 0 Å². The zero-order valence-corrected chi connectivity index (χ0v) is 14.7. The summed E-state index contributed by atoms with van der Waals surface area (Å²) in [6, 6.07) is 9.09. The van der Waals surface area contributed by atoms with Crippen LogP contribution in [-0.4, -0.2) is 28.9 Å². The Labute approximate surface area is 154 Å². The summed E-state index contributed by atoms with van der Waals surface area (Å²) in [7, 11) is 0. The van der Waals surface area contributed by atoms with Crippen molar-refractivity contribution in [1.29, 1.82) is 0 Å². The first kappa shape index (κ1) is 17.0. The zero-order chi connectivity index (χ0) is 18.3. The van der Waals surface area contributed by atoms with Crippen LogP contribution < -0.4 is 0 Å². The fraction of sp³-hybridized carbons (Fsp3) is 0.250. The third-order valence-electron chi connectivity index (χ3n) is 5.06. The highest BCUT2D eigenvalue weighted by Crippen LogP contribution is 2.34. The van der Waals surface area contributed by atoms with Gasteiger partial charge in [0.1, 0.15) is 0 Å². The Hall–Kier alpha value is -2.40. The lowest BCUT2D eigenvalue weighted by molar-refractivity contribution is 0.0712. The number of H-pyrrole nitrogens is 1. The van der Waals surface area contributed by atoms with E-state index in [1.54, 1.807) is 4.90 Å². The van der Waals surface area contributed by atoms with Crippen LogP contribution in [0.2, 0.25) is 5.02 Å². The molecule has 0 radical (unpaired) electrons. The minimum atomic E-state index is -0.997. The molecule has 1 aliphatic rings. The second kappa shape index (κ2) is 6.72. The number of aromatic amines is 1. The van der Waals surface area contributed by atoms with Crippen LogP contribution in [0, 0.1) is 11.6 Å². The van der Waals surface area contributed by atoms with E-state index in [4.69, 9.17) is 11.6 Å². The van der Waals surface area contributed by atoms with E-state index in [0.717, 1.165) is 35.9 Å².